The first-order valence-corrected chi connectivity index (χ1v) is 5.90. The van der Waals surface area contributed by atoms with Gasteiger partial charge in [0.1, 0.15) is 6.33 Å². The van der Waals surface area contributed by atoms with Crippen molar-refractivity contribution >= 4 is 28.3 Å². The van der Waals surface area contributed by atoms with Gasteiger partial charge in [0.25, 0.3) is 5.69 Å². The van der Waals surface area contributed by atoms with Gasteiger partial charge in [-0.25, -0.2) is 4.98 Å². The molecule has 5 nitrogen and oxygen atoms in total. The third-order valence-electron chi connectivity index (χ3n) is 2.83. The minimum absolute atomic E-state index is 0.0313. The second kappa shape index (κ2) is 4.37. The normalized spacial score (nSPS) is 10.8. The molecule has 3 aromatic rings. The molecule has 0 amide bonds. The molecule has 1 heterocycles. The first-order valence-electron chi connectivity index (χ1n) is 5.52. The Labute approximate surface area is 113 Å². The lowest BCUT2D eigenvalue weighted by Gasteiger charge is -2.04. The Kier molecular flexibility index (Phi) is 2.68. The van der Waals surface area contributed by atoms with Crippen molar-refractivity contribution in [1.82, 2.24) is 9.55 Å². The summed E-state index contributed by atoms with van der Waals surface area (Å²) in [5, 5.41) is 11.3. The van der Waals surface area contributed by atoms with E-state index in [0.29, 0.717) is 10.5 Å². The van der Waals surface area contributed by atoms with Crippen LogP contribution in [0, 0.1) is 10.1 Å². The van der Waals surface area contributed by atoms with Crippen LogP contribution in [0.2, 0.25) is 5.02 Å². The Morgan fingerprint density at radius 2 is 2.05 bits per heavy atom. The highest BCUT2D eigenvalue weighted by atomic mass is 35.5. The number of benzene rings is 2. The molecule has 0 N–H and O–H groups in total. The van der Waals surface area contributed by atoms with Gasteiger partial charge in [0.05, 0.1) is 16.0 Å². The largest absolute Gasteiger partial charge is 0.299 e. The van der Waals surface area contributed by atoms with Crippen molar-refractivity contribution in [1.29, 1.82) is 0 Å². The number of imidazole rings is 1. The molecule has 0 aliphatic heterocycles. The number of hydrogen-bond acceptors (Lipinski definition) is 3. The van der Waals surface area contributed by atoms with E-state index in [1.54, 1.807) is 18.5 Å². The summed E-state index contributed by atoms with van der Waals surface area (Å²) < 4.78 is 1.84. The molecule has 0 saturated carbocycles. The second-order valence-corrected chi connectivity index (χ2v) is 4.46. The van der Waals surface area contributed by atoms with Crippen molar-refractivity contribution in [2.45, 2.75) is 0 Å². The van der Waals surface area contributed by atoms with Crippen LogP contribution in [-0.2, 0) is 0 Å². The van der Waals surface area contributed by atoms with Crippen LogP contribution in [0.25, 0.3) is 16.7 Å². The Morgan fingerprint density at radius 1 is 1.21 bits per heavy atom. The molecule has 0 unspecified atom stereocenters. The molecule has 0 atom stereocenters. The van der Waals surface area contributed by atoms with E-state index >= 15 is 0 Å². The van der Waals surface area contributed by atoms with Crippen LogP contribution >= 0.6 is 11.6 Å². The standard InChI is InChI=1S/C13H8ClN3O2/c14-9-2-1-3-10(6-9)16-8-15-12-7-11(17(18)19)4-5-13(12)16/h1-8H. The van der Waals surface area contributed by atoms with E-state index in [1.165, 1.54) is 12.1 Å². The zero-order valence-electron chi connectivity index (χ0n) is 9.65. The molecular formula is C13H8ClN3O2. The molecule has 94 valence electrons. The Morgan fingerprint density at radius 3 is 2.79 bits per heavy atom. The molecule has 6 heteroatoms. The number of halogens is 1. The topological polar surface area (TPSA) is 61.0 Å². The molecule has 0 bridgehead atoms. The number of non-ortho nitro benzene ring substituents is 1. The number of rotatable bonds is 2. The third-order valence-corrected chi connectivity index (χ3v) is 3.06. The average Bonchev–Trinajstić information content (AvgIpc) is 2.81. The average molecular weight is 274 g/mol. The fourth-order valence-corrected chi connectivity index (χ4v) is 2.13. The monoisotopic (exact) mass is 273 g/mol. The van der Waals surface area contributed by atoms with Crippen molar-refractivity contribution in [3.05, 3.63) is 63.9 Å². The van der Waals surface area contributed by atoms with Crippen molar-refractivity contribution in [3.63, 3.8) is 0 Å². The Balaban J connectivity index is 2.18. The van der Waals surface area contributed by atoms with E-state index in [1.807, 2.05) is 22.8 Å². The van der Waals surface area contributed by atoms with Gasteiger partial charge in [-0.3, -0.25) is 14.7 Å². The van der Waals surface area contributed by atoms with Gasteiger partial charge in [-0.05, 0) is 24.3 Å². The summed E-state index contributed by atoms with van der Waals surface area (Å²) in [6.07, 6.45) is 1.63. The van der Waals surface area contributed by atoms with E-state index < -0.39 is 4.92 Å². The molecule has 0 spiro atoms. The van der Waals surface area contributed by atoms with Crippen molar-refractivity contribution in [2.75, 3.05) is 0 Å². The van der Waals surface area contributed by atoms with Crippen LogP contribution in [0.4, 0.5) is 5.69 Å². The van der Waals surface area contributed by atoms with Gasteiger partial charge < -0.3 is 0 Å². The molecule has 2 aromatic carbocycles. The lowest BCUT2D eigenvalue weighted by molar-refractivity contribution is -0.384. The van der Waals surface area contributed by atoms with E-state index in [-0.39, 0.29) is 5.69 Å². The number of nitro groups is 1. The molecule has 0 radical (unpaired) electrons. The number of nitrogens with zero attached hydrogens (tertiary/aromatic N) is 3. The van der Waals surface area contributed by atoms with Crippen LogP contribution in [0.5, 0.6) is 0 Å². The molecule has 0 saturated heterocycles. The van der Waals surface area contributed by atoms with Crippen LogP contribution < -0.4 is 0 Å². The molecular weight excluding hydrogens is 266 g/mol. The summed E-state index contributed by atoms with van der Waals surface area (Å²) in [6, 6.07) is 11.9. The van der Waals surface area contributed by atoms with Crippen LogP contribution in [0.1, 0.15) is 0 Å². The summed E-state index contributed by atoms with van der Waals surface area (Å²) in [4.78, 5) is 14.5. The zero-order chi connectivity index (χ0) is 13.4. The molecule has 19 heavy (non-hydrogen) atoms. The summed E-state index contributed by atoms with van der Waals surface area (Å²) in [5.74, 6) is 0. The third kappa shape index (κ3) is 2.04. The molecule has 0 aliphatic carbocycles. The van der Waals surface area contributed by atoms with Gasteiger partial charge in [0.15, 0.2) is 0 Å². The quantitative estimate of drug-likeness (QED) is 0.529. The van der Waals surface area contributed by atoms with Gasteiger partial charge in [-0.15, -0.1) is 0 Å². The van der Waals surface area contributed by atoms with Crippen molar-refractivity contribution in [3.8, 4) is 5.69 Å². The highest BCUT2D eigenvalue weighted by molar-refractivity contribution is 6.30. The summed E-state index contributed by atoms with van der Waals surface area (Å²) >= 11 is 5.96. The minimum Gasteiger partial charge on any atom is -0.299 e. The molecule has 1 aromatic heterocycles. The zero-order valence-corrected chi connectivity index (χ0v) is 10.4. The highest BCUT2D eigenvalue weighted by Crippen LogP contribution is 2.23. The maximum Gasteiger partial charge on any atom is 0.271 e. The number of nitro benzene ring substituents is 1. The van der Waals surface area contributed by atoms with E-state index in [2.05, 4.69) is 4.98 Å². The maximum atomic E-state index is 10.7. The first kappa shape index (κ1) is 11.7. The molecule has 0 aliphatic rings. The van der Waals surface area contributed by atoms with Gasteiger partial charge >= 0.3 is 0 Å². The second-order valence-electron chi connectivity index (χ2n) is 4.02. The fraction of sp³-hybridized carbons (Fsp3) is 0. The molecule has 3 rings (SSSR count). The summed E-state index contributed by atoms with van der Waals surface area (Å²) in [7, 11) is 0. The highest BCUT2D eigenvalue weighted by Gasteiger charge is 2.10. The first-order chi connectivity index (χ1) is 9.15. The van der Waals surface area contributed by atoms with Gasteiger partial charge in [-0.2, -0.15) is 0 Å². The van der Waals surface area contributed by atoms with Crippen molar-refractivity contribution in [2.24, 2.45) is 0 Å². The Bertz CT molecular complexity index is 782. The van der Waals surface area contributed by atoms with Crippen LogP contribution in [-0.4, -0.2) is 14.5 Å². The van der Waals surface area contributed by atoms with Gasteiger partial charge in [0, 0.05) is 22.8 Å². The molecule has 0 fully saturated rings. The van der Waals surface area contributed by atoms with E-state index in [0.717, 1.165) is 11.2 Å². The predicted molar refractivity (Wildman–Crippen MR) is 72.7 cm³/mol. The number of fused-ring (bicyclic) bond motifs is 1. The lowest BCUT2D eigenvalue weighted by atomic mass is 10.2. The van der Waals surface area contributed by atoms with Crippen molar-refractivity contribution < 1.29 is 4.92 Å². The number of aromatic nitrogens is 2. The van der Waals surface area contributed by atoms with Gasteiger partial charge in [0.2, 0.25) is 0 Å². The van der Waals surface area contributed by atoms with E-state index in [4.69, 9.17) is 11.6 Å². The van der Waals surface area contributed by atoms with Crippen LogP contribution in [0.15, 0.2) is 48.8 Å². The maximum absolute atomic E-state index is 10.7. The smallest absolute Gasteiger partial charge is 0.271 e. The van der Waals surface area contributed by atoms with Crippen LogP contribution in [0.3, 0.4) is 0 Å². The van der Waals surface area contributed by atoms with Gasteiger partial charge in [-0.1, -0.05) is 17.7 Å². The minimum atomic E-state index is -0.433. The summed E-state index contributed by atoms with van der Waals surface area (Å²) in [5.41, 5.74) is 2.27. The lowest BCUT2D eigenvalue weighted by Crippen LogP contribution is -1.92. The SMILES string of the molecule is O=[N+]([O-])c1ccc2c(c1)ncn2-c1cccc(Cl)c1. The van der Waals surface area contributed by atoms with E-state index in [9.17, 15) is 10.1 Å². The Hall–Kier alpha value is -2.40. The summed E-state index contributed by atoms with van der Waals surface area (Å²) in [6.45, 7) is 0. The number of hydrogen-bond donors (Lipinski definition) is 0. The predicted octanol–water partition coefficient (Wildman–Crippen LogP) is 3.59. The fourth-order valence-electron chi connectivity index (χ4n) is 1.95.